The van der Waals surface area contributed by atoms with Crippen LogP contribution in [0.4, 0.5) is 0 Å². The Morgan fingerprint density at radius 3 is 3.09 bits per heavy atom. The zero-order valence-electron chi connectivity index (χ0n) is 12.7. The van der Waals surface area contributed by atoms with Gasteiger partial charge in [0, 0.05) is 37.2 Å². The molecule has 0 saturated heterocycles. The highest BCUT2D eigenvalue weighted by atomic mass is 35.5. The number of aromatic nitrogens is 3. The molecule has 22 heavy (non-hydrogen) atoms. The number of carbonyl (C=O) groups is 1. The van der Waals surface area contributed by atoms with Crippen molar-refractivity contribution in [3.8, 4) is 0 Å². The largest absolute Gasteiger partial charge is 0.352 e. The van der Waals surface area contributed by atoms with E-state index in [0.29, 0.717) is 12.8 Å². The Bertz CT molecular complexity index is 672. The Kier molecular flexibility index (Phi) is 4.20. The van der Waals surface area contributed by atoms with Crippen LogP contribution in [-0.2, 0) is 24.2 Å². The Hall–Kier alpha value is -1.82. The average molecular weight is 323 g/mol. The van der Waals surface area contributed by atoms with E-state index in [0.717, 1.165) is 42.2 Å². The van der Waals surface area contributed by atoms with Crippen molar-refractivity contribution in [3.05, 3.63) is 34.2 Å². The summed E-state index contributed by atoms with van der Waals surface area (Å²) in [5, 5.41) is 7.16. The van der Waals surface area contributed by atoms with Crippen LogP contribution in [0.15, 0.2) is 10.7 Å². The summed E-state index contributed by atoms with van der Waals surface area (Å²) >= 11 is 5.91. The van der Waals surface area contributed by atoms with Crippen LogP contribution in [0.1, 0.15) is 35.6 Å². The highest BCUT2D eigenvalue weighted by molar-refractivity contribution is 6.29. The van der Waals surface area contributed by atoms with Gasteiger partial charge in [-0.15, -0.1) is 0 Å². The molecule has 0 radical (unpaired) electrons. The molecule has 2 aromatic rings. The topological polar surface area (TPSA) is 73.0 Å². The Labute approximate surface area is 133 Å². The third kappa shape index (κ3) is 3.16. The summed E-state index contributed by atoms with van der Waals surface area (Å²) in [5.74, 6) is 1.14. The van der Waals surface area contributed by atoms with Gasteiger partial charge < -0.3 is 14.4 Å². The summed E-state index contributed by atoms with van der Waals surface area (Å²) in [5.41, 5.74) is 2.58. The van der Waals surface area contributed by atoms with Gasteiger partial charge in [-0.2, -0.15) is 0 Å². The summed E-state index contributed by atoms with van der Waals surface area (Å²) in [7, 11) is 0. The lowest BCUT2D eigenvalue weighted by Crippen LogP contribution is -2.41. The van der Waals surface area contributed by atoms with Crippen LogP contribution < -0.4 is 5.32 Å². The van der Waals surface area contributed by atoms with E-state index in [9.17, 15) is 4.79 Å². The molecule has 1 aliphatic heterocycles. The van der Waals surface area contributed by atoms with E-state index in [2.05, 4.69) is 20.0 Å². The lowest BCUT2D eigenvalue weighted by molar-refractivity contribution is -0.122. The molecule has 0 aromatic carbocycles. The van der Waals surface area contributed by atoms with E-state index in [4.69, 9.17) is 16.1 Å². The van der Waals surface area contributed by atoms with Crippen molar-refractivity contribution in [2.75, 3.05) is 0 Å². The van der Waals surface area contributed by atoms with Gasteiger partial charge >= 0.3 is 0 Å². The van der Waals surface area contributed by atoms with Gasteiger partial charge in [0.25, 0.3) is 0 Å². The lowest BCUT2D eigenvalue weighted by Gasteiger charge is -2.24. The number of hydrogen-bond acceptors (Lipinski definition) is 4. The average Bonchev–Trinajstić information content (AvgIpc) is 2.98. The van der Waals surface area contributed by atoms with Crippen LogP contribution in [0.3, 0.4) is 0 Å². The number of hydrogen-bond donors (Lipinski definition) is 1. The summed E-state index contributed by atoms with van der Waals surface area (Å²) in [6.07, 6.45) is 4.79. The van der Waals surface area contributed by atoms with Gasteiger partial charge in [-0.1, -0.05) is 5.16 Å². The molecular weight excluding hydrogens is 304 g/mol. The minimum atomic E-state index is 0.0296. The van der Waals surface area contributed by atoms with E-state index < -0.39 is 0 Å². The zero-order valence-corrected chi connectivity index (χ0v) is 13.5. The van der Waals surface area contributed by atoms with E-state index >= 15 is 0 Å². The Morgan fingerprint density at radius 1 is 1.55 bits per heavy atom. The third-order valence-corrected chi connectivity index (χ3v) is 4.31. The first-order valence-corrected chi connectivity index (χ1v) is 7.83. The van der Waals surface area contributed by atoms with E-state index in [-0.39, 0.29) is 17.2 Å². The molecule has 1 atom stereocenters. The summed E-state index contributed by atoms with van der Waals surface area (Å²) in [6, 6.07) is 0.160. The second-order valence-electron chi connectivity index (χ2n) is 5.77. The Morgan fingerprint density at radius 2 is 2.36 bits per heavy atom. The minimum Gasteiger partial charge on any atom is -0.352 e. The van der Waals surface area contributed by atoms with Crippen molar-refractivity contribution >= 4 is 17.5 Å². The molecule has 7 heteroatoms. The monoisotopic (exact) mass is 322 g/mol. The SMILES string of the molecule is Cc1cn2c(n1)CC[C@H](NC(=O)CCc1c(C)noc1Cl)C2. The van der Waals surface area contributed by atoms with Crippen molar-refractivity contribution in [1.82, 2.24) is 20.0 Å². The van der Waals surface area contributed by atoms with Gasteiger partial charge in [-0.3, -0.25) is 4.79 Å². The molecule has 0 spiro atoms. The van der Waals surface area contributed by atoms with Crippen molar-refractivity contribution in [2.24, 2.45) is 0 Å². The number of aryl methyl sites for hydroxylation is 3. The zero-order chi connectivity index (χ0) is 15.7. The van der Waals surface area contributed by atoms with Gasteiger partial charge in [-0.05, 0) is 38.3 Å². The number of amides is 1. The quantitative estimate of drug-likeness (QED) is 0.936. The van der Waals surface area contributed by atoms with Crippen LogP contribution in [0.25, 0.3) is 0 Å². The highest BCUT2D eigenvalue weighted by Gasteiger charge is 2.21. The van der Waals surface area contributed by atoms with Crippen molar-refractivity contribution in [2.45, 2.75) is 52.1 Å². The third-order valence-electron chi connectivity index (χ3n) is 4.02. The fraction of sp³-hybridized carbons (Fsp3) is 0.533. The molecule has 0 bridgehead atoms. The molecule has 3 heterocycles. The summed E-state index contributed by atoms with van der Waals surface area (Å²) < 4.78 is 7.02. The molecule has 0 fully saturated rings. The molecule has 0 aliphatic carbocycles. The number of rotatable bonds is 4. The van der Waals surface area contributed by atoms with E-state index in [1.807, 2.05) is 20.0 Å². The maximum atomic E-state index is 12.1. The summed E-state index contributed by atoms with van der Waals surface area (Å²) in [6.45, 7) is 4.60. The second-order valence-corrected chi connectivity index (χ2v) is 6.12. The number of halogens is 1. The smallest absolute Gasteiger partial charge is 0.229 e. The second kappa shape index (κ2) is 6.12. The van der Waals surface area contributed by atoms with Gasteiger partial charge in [0.2, 0.25) is 11.1 Å². The van der Waals surface area contributed by atoms with Gasteiger partial charge in [0.15, 0.2) is 0 Å². The van der Waals surface area contributed by atoms with Gasteiger partial charge in [0.05, 0.1) is 11.4 Å². The number of nitrogens with zero attached hydrogens (tertiary/aromatic N) is 3. The van der Waals surface area contributed by atoms with Gasteiger partial charge in [0.1, 0.15) is 5.82 Å². The predicted octanol–water partition coefficient (Wildman–Crippen LogP) is 2.21. The number of carbonyl (C=O) groups excluding carboxylic acids is 1. The fourth-order valence-electron chi connectivity index (χ4n) is 2.88. The van der Waals surface area contributed by atoms with E-state index in [1.165, 1.54) is 0 Å². The molecule has 118 valence electrons. The molecule has 2 aromatic heterocycles. The highest BCUT2D eigenvalue weighted by Crippen LogP contribution is 2.20. The number of imidazole rings is 1. The van der Waals surface area contributed by atoms with Crippen LogP contribution in [0, 0.1) is 13.8 Å². The molecule has 1 N–H and O–H groups in total. The molecular formula is C15H19ClN4O2. The fourth-order valence-corrected chi connectivity index (χ4v) is 3.15. The normalized spacial score (nSPS) is 17.3. The Balaban J connectivity index is 1.52. The lowest BCUT2D eigenvalue weighted by atomic mass is 10.1. The van der Waals surface area contributed by atoms with Crippen molar-refractivity contribution < 1.29 is 9.32 Å². The molecule has 6 nitrogen and oxygen atoms in total. The van der Waals surface area contributed by atoms with Crippen LogP contribution in [0.5, 0.6) is 0 Å². The van der Waals surface area contributed by atoms with Crippen LogP contribution in [-0.4, -0.2) is 26.7 Å². The summed E-state index contributed by atoms with van der Waals surface area (Å²) in [4.78, 5) is 16.6. The first-order chi connectivity index (χ1) is 10.5. The molecule has 1 amide bonds. The first kappa shape index (κ1) is 15.1. The maximum Gasteiger partial charge on any atom is 0.229 e. The van der Waals surface area contributed by atoms with Crippen molar-refractivity contribution in [3.63, 3.8) is 0 Å². The van der Waals surface area contributed by atoms with Crippen LogP contribution >= 0.6 is 11.6 Å². The standard InChI is InChI=1S/C15H19ClN4O2/c1-9-7-20-8-11(3-5-13(20)17-9)18-14(21)6-4-12-10(2)19-22-15(12)16/h7,11H,3-6,8H2,1-2H3,(H,18,21)/t11-/m0/s1. The number of nitrogens with one attached hydrogen (secondary N) is 1. The van der Waals surface area contributed by atoms with Gasteiger partial charge in [-0.25, -0.2) is 4.98 Å². The van der Waals surface area contributed by atoms with Crippen LogP contribution in [0.2, 0.25) is 5.22 Å². The van der Waals surface area contributed by atoms with Crippen molar-refractivity contribution in [1.29, 1.82) is 0 Å². The minimum absolute atomic E-state index is 0.0296. The number of fused-ring (bicyclic) bond motifs is 1. The molecule has 1 aliphatic rings. The first-order valence-electron chi connectivity index (χ1n) is 7.45. The van der Waals surface area contributed by atoms with E-state index in [1.54, 1.807) is 0 Å². The molecule has 0 unspecified atom stereocenters. The molecule has 3 rings (SSSR count). The molecule has 0 saturated carbocycles. The predicted molar refractivity (Wildman–Crippen MR) is 81.8 cm³/mol. The maximum absolute atomic E-state index is 12.1.